The summed E-state index contributed by atoms with van der Waals surface area (Å²) in [5.74, 6) is 0.0128. The minimum Gasteiger partial charge on any atom is -0.454 e. The Morgan fingerprint density at radius 2 is 1.82 bits per heavy atom. The smallest absolute Gasteiger partial charge is 0.338 e. The highest BCUT2D eigenvalue weighted by Gasteiger charge is 2.20. The van der Waals surface area contributed by atoms with E-state index >= 15 is 0 Å². The van der Waals surface area contributed by atoms with E-state index in [4.69, 9.17) is 19.3 Å². The second kappa shape index (κ2) is 7.87. The normalized spacial score (nSPS) is 13.6. The van der Waals surface area contributed by atoms with Crippen molar-refractivity contribution in [1.29, 1.82) is 0 Å². The lowest BCUT2D eigenvalue weighted by Crippen LogP contribution is -2.35. The fourth-order valence-electron chi connectivity index (χ4n) is 2.45. The summed E-state index contributed by atoms with van der Waals surface area (Å²) >= 11 is 0. The first-order chi connectivity index (χ1) is 13.2. The van der Waals surface area contributed by atoms with Crippen LogP contribution in [0.3, 0.4) is 0 Å². The Hall–Kier alpha value is -3.11. The van der Waals surface area contributed by atoms with Crippen LogP contribution in [0.4, 0.5) is 0 Å². The third kappa shape index (κ3) is 4.59. The molecule has 9 nitrogen and oxygen atoms in total. The van der Waals surface area contributed by atoms with Crippen molar-refractivity contribution in [3.8, 4) is 11.5 Å². The van der Waals surface area contributed by atoms with Gasteiger partial charge >= 0.3 is 5.97 Å². The largest absolute Gasteiger partial charge is 0.454 e. The van der Waals surface area contributed by atoms with Gasteiger partial charge in [0.15, 0.2) is 17.6 Å². The first kappa shape index (κ1) is 19.6. The van der Waals surface area contributed by atoms with Crippen molar-refractivity contribution < 1.29 is 32.2 Å². The molecule has 28 heavy (non-hydrogen) atoms. The average Bonchev–Trinajstić information content (AvgIpc) is 3.13. The number of amides is 1. The second-order valence-corrected chi connectivity index (χ2v) is 7.58. The number of rotatable bonds is 6. The summed E-state index contributed by atoms with van der Waals surface area (Å²) < 4.78 is 38.1. The van der Waals surface area contributed by atoms with Gasteiger partial charge in [-0.1, -0.05) is 6.07 Å². The molecule has 0 aliphatic carbocycles. The number of nitrogens with one attached hydrogen (secondary N) is 1. The number of esters is 1. The zero-order valence-corrected chi connectivity index (χ0v) is 15.7. The van der Waals surface area contributed by atoms with Gasteiger partial charge in [0.25, 0.3) is 5.91 Å². The fraction of sp³-hybridized carbons (Fsp3) is 0.222. The third-order valence-electron chi connectivity index (χ3n) is 3.98. The molecule has 1 heterocycles. The minimum absolute atomic E-state index is 0.0998. The molecule has 148 valence electrons. The molecule has 1 aliphatic heterocycles. The Morgan fingerprint density at radius 3 is 2.50 bits per heavy atom. The first-order valence-corrected chi connectivity index (χ1v) is 9.79. The number of ether oxygens (including phenoxy) is 3. The summed E-state index contributed by atoms with van der Waals surface area (Å²) in [6.07, 6.45) is -1.04. The molecule has 0 radical (unpaired) electrons. The quantitative estimate of drug-likeness (QED) is 0.681. The predicted molar refractivity (Wildman–Crippen MR) is 97.1 cm³/mol. The van der Waals surface area contributed by atoms with Crippen molar-refractivity contribution in [3.05, 3.63) is 53.6 Å². The number of carbonyl (C=O) groups excluding carboxylic acids is 2. The van der Waals surface area contributed by atoms with Gasteiger partial charge in [0.1, 0.15) is 0 Å². The molecule has 2 aromatic carbocycles. The van der Waals surface area contributed by atoms with Gasteiger partial charge < -0.3 is 19.5 Å². The predicted octanol–water partition coefficient (Wildman–Crippen LogP) is 0.924. The van der Waals surface area contributed by atoms with Crippen LogP contribution in [0.25, 0.3) is 0 Å². The highest BCUT2D eigenvalue weighted by molar-refractivity contribution is 7.89. The van der Waals surface area contributed by atoms with Gasteiger partial charge in [0.2, 0.25) is 16.8 Å². The van der Waals surface area contributed by atoms with Gasteiger partial charge in [-0.15, -0.1) is 0 Å². The molecule has 0 fully saturated rings. The lowest BCUT2D eigenvalue weighted by molar-refractivity contribution is -0.129. The molecule has 0 saturated heterocycles. The van der Waals surface area contributed by atoms with Crippen LogP contribution in [0.15, 0.2) is 47.4 Å². The van der Waals surface area contributed by atoms with Crippen LogP contribution in [0.5, 0.6) is 11.5 Å². The molecule has 3 rings (SSSR count). The fourth-order valence-corrected chi connectivity index (χ4v) is 2.96. The number of nitrogens with two attached hydrogens (primary N) is 1. The van der Waals surface area contributed by atoms with Crippen LogP contribution >= 0.6 is 0 Å². The van der Waals surface area contributed by atoms with Crippen LogP contribution in [0.2, 0.25) is 0 Å². The van der Waals surface area contributed by atoms with Crippen molar-refractivity contribution in [2.24, 2.45) is 5.14 Å². The number of carbonyl (C=O) groups is 2. The highest BCUT2D eigenvalue weighted by Crippen LogP contribution is 2.32. The molecule has 1 atom stereocenters. The van der Waals surface area contributed by atoms with Crippen molar-refractivity contribution in [2.45, 2.75) is 24.5 Å². The van der Waals surface area contributed by atoms with E-state index in [0.717, 1.165) is 5.56 Å². The maximum atomic E-state index is 12.2. The summed E-state index contributed by atoms with van der Waals surface area (Å²) in [4.78, 5) is 24.1. The SMILES string of the molecule is C[C@H](OC(=O)c1ccc(S(N)(=O)=O)cc1)C(=O)NCc1ccc2c(c1)OCO2. The lowest BCUT2D eigenvalue weighted by Gasteiger charge is -2.14. The van der Waals surface area contributed by atoms with E-state index in [9.17, 15) is 18.0 Å². The lowest BCUT2D eigenvalue weighted by atomic mass is 10.2. The summed E-state index contributed by atoms with van der Waals surface area (Å²) in [6, 6.07) is 10.2. The maximum Gasteiger partial charge on any atom is 0.338 e. The van der Waals surface area contributed by atoms with Crippen molar-refractivity contribution in [3.63, 3.8) is 0 Å². The van der Waals surface area contributed by atoms with E-state index < -0.39 is 28.0 Å². The highest BCUT2D eigenvalue weighted by atomic mass is 32.2. The van der Waals surface area contributed by atoms with E-state index in [0.29, 0.717) is 11.5 Å². The molecule has 0 aromatic heterocycles. The number of fused-ring (bicyclic) bond motifs is 1. The van der Waals surface area contributed by atoms with E-state index in [1.54, 1.807) is 18.2 Å². The summed E-state index contributed by atoms with van der Waals surface area (Å²) in [5, 5.41) is 7.67. The number of sulfonamides is 1. The van der Waals surface area contributed by atoms with Crippen molar-refractivity contribution in [2.75, 3.05) is 6.79 Å². The van der Waals surface area contributed by atoms with Gasteiger partial charge in [-0.25, -0.2) is 18.4 Å². The van der Waals surface area contributed by atoms with E-state index in [1.165, 1.54) is 31.2 Å². The third-order valence-corrected chi connectivity index (χ3v) is 4.90. The molecular weight excluding hydrogens is 388 g/mol. The molecule has 0 unspecified atom stereocenters. The first-order valence-electron chi connectivity index (χ1n) is 8.24. The molecule has 3 N–H and O–H groups in total. The molecular formula is C18H18N2O7S. The Morgan fingerprint density at radius 1 is 1.14 bits per heavy atom. The standard InChI is InChI=1S/C18H18N2O7S/c1-11(27-18(22)13-3-5-14(6-4-13)28(19,23)24)17(21)20-9-12-2-7-15-16(8-12)26-10-25-15/h2-8,11H,9-10H2,1H3,(H,20,21)(H2,19,23,24)/t11-/m0/s1. The maximum absolute atomic E-state index is 12.2. The summed E-state index contributed by atoms with van der Waals surface area (Å²) in [5.41, 5.74) is 0.900. The molecule has 1 amide bonds. The number of benzene rings is 2. The second-order valence-electron chi connectivity index (χ2n) is 6.02. The van der Waals surface area contributed by atoms with Gasteiger partial charge in [-0.05, 0) is 48.9 Å². The Kier molecular flexibility index (Phi) is 5.52. The van der Waals surface area contributed by atoms with E-state index in [-0.39, 0.29) is 23.8 Å². The monoisotopic (exact) mass is 406 g/mol. The zero-order chi connectivity index (χ0) is 20.3. The summed E-state index contributed by atoms with van der Waals surface area (Å²) in [7, 11) is -3.85. The van der Waals surface area contributed by atoms with Gasteiger partial charge in [-0.2, -0.15) is 0 Å². The van der Waals surface area contributed by atoms with Crippen molar-refractivity contribution >= 4 is 21.9 Å². The van der Waals surface area contributed by atoms with Gasteiger partial charge in [0, 0.05) is 6.54 Å². The Bertz CT molecular complexity index is 1000. The molecule has 0 saturated carbocycles. The number of primary sulfonamides is 1. The van der Waals surface area contributed by atoms with Gasteiger partial charge in [0.05, 0.1) is 10.5 Å². The molecule has 2 aromatic rings. The average molecular weight is 406 g/mol. The molecule has 10 heteroatoms. The van der Waals surface area contributed by atoms with Gasteiger partial charge in [-0.3, -0.25) is 4.79 Å². The van der Waals surface area contributed by atoms with Crippen LogP contribution < -0.4 is 19.9 Å². The molecule has 0 bridgehead atoms. The Labute approximate surface area is 161 Å². The van der Waals surface area contributed by atoms with E-state index in [2.05, 4.69) is 5.32 Å². The van der Waals surface area contributed by atoms with Crippen LogP contribution in [-0.4, -0.2) is 33.2 Å². The van der Waals surface area contributed by atoms with Crippen LogP contribution in [-0.2, 0) is 26.1 Å². The zero-order valence-electron chi connectivity index (χ0n) is 14.9. The molecule has 1 aliphatic rings. The van der Waals surface area contributed by atoms with Crippen LogP contribution in [0.1, 0.15) is 22.8 Å². The number of hydrogen-bond acceptors (Lipinski definition) is 7. The van der Waals surface area contributed by atoms with Crippen molar-refractivity contribution in [1.82, 2.24) is 5.32 Å². The minimum atomic E-state index is -3.85. The number of hydrogen-bond donors (Lipinski definition) is 2. The Balaban J connectivity index is 1.54. The topological polar surface area (TPSA) is 134 Å². The summed E-state index contributed by atoms with van der Waals surface area (Å²) in [6.45, 7) is 1.82. The molecule has 0 spiro atoms. The van der Waals surface area contributed by atoms with E-state index in [1.807, 2.05) is 0 Å². The van der Waals surface area contributed by atoms with Crippen LogP contribution in [0, 0.1) is 0 Å².